The second-order valence-electron chi connectivity index (χ2n) is 5.12. The van der Waals surface area contributed by atoms with Crippen molar-refractivity contribution in [2.45, 2.75) is 25.8 Å². The number of carbonyl (C=O) groups is 1. The standard InChI is InChI=1S/C13H16N2O2/c1-9(16)14-6-10-5-11(8-14)12-3-2-4-13(17)15(12)7-10/h2-4,10-11H,5-8H2,1H3/t10-,11-/m0/s1. The number of amides is 1. The number of hydrogen-bond acceptors (Lipinski definition) is 2. The maximum atomic E-state index is 11.8. The Kier molecular flexibility index (Phi) is 2.31. The van der Waals surface area contributed by atoms with Crippen LogP contribution in [0.1, 0.15) is 25.0 Å². The van der Waals surface area contributed by atoms with E-state index in [1.165, 1.54) is 0 Å². The Bertz CT molecular complexity index is 520. The fraction of sp³-hybridized carbons (Fsp3) is 0.538. The van der Waals surface area contributed by atoms with E-state index in [0.717, 1.165) is 31.7 Å². The molecule has 90 valence electrons. The Morgan fingerprint density at radius 2 is 2.12 bits per heavy atom. The summed E-state index contributed by atoms with van der Waals surface area (Å²) >= 11 is 0. The molecule has 1 aromatic rings. The van der Waals surface area contributed by atoms with Crippen molar-refractivity contribution in [3.8, 4) is 0 Å². The van der Waals surface area contributed by atoms with E-state index in [0.29, 0.717) is 11.8 Å². The molecule has 3 heterocycles. The molecule has 2 bridgehead atoms. The predicted molar refractivity (Wildman–Crippen MR) is 63.8 cm³/mol. The summed E-state index contributed by atoms with van der Waals surface area (Å²) in [6, 6.07) is 5.46. The van der Waals surface area contributed by atoms with Gasteiger partial charge in [0.2, 0.25) is 5.91 Å². The number of hydrogen-bond donors (Lipinski definition) is 0. The summed E-state index contributed by atoms with van der Waals surface area (Å²) in [5.74, 6) is 0.914. The number of piperidine rings is 1. The maximum absolute atomic E-state index is 11.8. The minimum Gasteiger partial charge on any atom is -0.342 e. The highest BCUT2D eigenvalue weighted by atomic mass is 16.2. The topological polar surface area (TPSA) is 42.3 Å². The molecule has 0 unspecified atom stereocenters. The van der Waals surface area contributed by atoms with Crippen LogP contribution in [0.15, 0.2) is 23.0 Å². The largest absolute Gasteiger partial charge is 0.342 e. The van der Waals surface area contributed by atoms with Crippen LogP contribution < -0.4 is 5.56 Å². The lowest BCUT2D eigenvalue weighted by Gasteiger charge is -2.42. The lowest BCUT2D eigenvalue weighted by Crippen LogP contribution is -2.48. The molecule has 0 saturated carbocycles. The van der Waals surface area contributed by atoms with Crippen molar-refractivity contribution in [1.82, 2.24) is 9.47 Å². The summed E-state index contributed by atoms with van der Waals surface area (Å²) in [7, 11) is 0. The van der Waals surface area contributed by atoms with Crippen LogP contribution in [-0.2, 0) is 11.3 Å². The number of rotatable bonds is 0. The zero-order valence-corrected chi connectivity index (χ0v) is 9.93. The van der Waals surface area contributed by atoms with E-state index in [1.807, 2.05) is 21.6 Å². The number of carbonyl (C=O) groups excluding carboxylic acids is 1. The van der Waals surface area contributed by atoms with E-state index in [2.05, 4.69) is 0 Å². The minimum atomic E-state index is 0.0912. The number of likely N-dealkylation sites (tertiary alicyclic amines) is 1. The van der Waals surface area contributed by atoms with Crippen molar-refractivity contribution in [1.29, 1.82) is 0 Å². The van der Waals surface area contributed by atoms with Gasteiger partial charge in [-0.3, -0.25) is 9.59 Å². The first kappa shape index (κ1) is 10.6. The van der Waals surface area contributed by atoms with E-state index in [-0.39, 0.29) is 11.5 Å². The third-order valence-electron chi connectivity index (χ3n) is 3.93. The molecule has 0 radical (unpaired) electrons. The Hall–Kier alpha value is -1.58. The fourth-order valence-corrected chi connectivity index (χ4v) is 3.15. The van der Waals surface area contributed by atoms with Crippen LogP contribution in [0.25, 0.3) is 0 Å². The molecule has 17 heavy (non-hydrogen) atoms. The lowest BCUT2D eigenvalue weighted by atomic mass is 9.83. The molecule has 2 aliphatic rings. The zero-order valence-electron chi connectivity index (χ0n) is 9.93. The minimum absolute atomic E-state index is 0.0912. The van der Waals surface area contributed by atoms with E-state index < -0.39 is 0 Å². The molecule has 0 spiro atoms. The summed E-state index contributed by atoms with van der Waals surface area (Å²) in [6.07, 6.45) is 1.10. The van der Waals surface area contributed by atoms with Crippen molar-refractivity contribution < 1.29 is 4.79 Å². The molecule has 1 saturated heterocycles. The van der Waals surface area contributed by atoms with Gasteiger partial charge in [-0.15, -0.1) is 0 Å². The first-order valence-corrected chi connectivity index (χ1v) is 6.10. The van der Waals surface area contributed by atoms with Gasteiger partial charge in [0.05, 0.1) is 0 Å². The first-order valence-electron chi connectivity index (χ1n) is 6.10. The van der Waals surface area contributed by atoms with Crippen LogP contribution in [-0.4, -0.2) is 28.5 Å². The van der Waals surface area contributed by atoms with Gasteiger partial charge >= 0.3 is 0 Å². The van der Waals surface area contributed by atoms with Crippen molar-refractivity contribution in [3.63, 3.8) is 0 Å². The number of aromatic nitrogens is 1. The molecule has 1 aromatic heterocycles. The van der Waals surface area contributed by atoms with Crippen LogP contribution in [0.2, 0.25) is 0 Å². The Morgan fingerprint density at radius 1 is 1.29 bits per heavy atom. The summed E-state index contributed by atoms with van der Waals surface area (Å²) < 4.78 is 1.89. The molecule has 2 atom stereocenters. The van der Waals surface area contributed by atoms with Gasteiger partial charge in [-0.25, -0.2) is 0 Å². The van der Waals surface area contributed by atoms with Crippen LogP contribution in [0.5, 0.6) is 0 Å². The summed E-state index contributed by atoms with van der Waals surface area (Å²) in [6.45, 7) is 3.94. The first-order chi connectivity index (χ1) is 8.15. The average molecular weight is 232 g/mol. The van der Waals surface area contributed by atoms with Gasteiger partial charge in [0.15, 0.2) is 0 Å². The Morgan fingerprint density at radius 3 is 2.88 bits per heavy atom. The van der Waals surface area contributed by atoms with Gasteiger partial charge in [0.25, 0.3) is 5.56 Å². The third-order valence-corrected chi connectivity index (χ3v) is 3.93. The van der Waals surface area contributed by atoms with Crippen LogP contribution >= 0.6 is 0 Å². The number of fused-ring (bicyclic) bond motifs is 4. The van der Waals surface area contributed by atoms with Gasteiger partial charge in [-0.05, 0) is 18.4 Å². The van der Waals surface area contributed by atoms with E-state index in [1.54, 1.807) is 13.0 Å². The SMILES string of the molecule is CC(=O)N1C[C@@H]2C[C@@H](C1)c1cccc(=O)n1C2. The molecule has 0 aromatic carbocycles. The van der Waals surface area contributed by atoms with Gasteiger partial charge < -0.3 is 9.47 Å². The number of pyridine rings is 1. The van der Waals surface area contributed by atoms with E-state index in [9.17, 15) is 9.59 Å². The molecule has 0 aliphatic carbocycles. The highest BCUT2D eigenvalue weighted by Crippen LogP contribution is 2.34. The van der Waals surface area contributed by atoms with E-state index in [4.69, 9.17) is 0 Å². The lowest BCUT2D eigenvalue weighted by molar-refractivity contribution is -0.131. The molecule has 1 fully saturated rings. The highest BCUT2D eigenvalue weighted by Gasteiger charge is 2.35. The van der Waals surface area contributed by atoms with Gasteiger partial charge in [0.1, 0.15) is 0 Å². The normalized spacial score (nSPS) is 26.5. The van der Waals surface area contributed by atoms with Crippen molar-refractivity contribution in [2.24, 2.45) is 5.92 Å². The summed E-state index contributed by atoms with van der Waals surface area (Å²) in [5, 5.41) is 0. The molecule has 3 rings (SSSR count). The molecule has 1 amide bonds. The second kappa shape index (κ2) is 3.72. The fourth-order valence-electron chi connectivity index (χ4n) is 3.15. The molecule has 4 heteroatoms. The molecular formula is C13H16N2O2. The van der Waals surface area contributed by atoms with Crippen LogP contribution in [0, 0.1) is 5.92 Å². The smallest absolute Gasteiger partial charge is 0.250 e. The van der Waals surface area contributed by atoms with Crippen molar-refractivity contribution >= 4 is 5.91 Å². The second-order valence-corrected chi connectivity index (χ2v) is 5.12. The number of nitrogens with zero attached hydrogens (tertiary/aromatic N) is 2. The van der Waals surface area contributed by atoms with Crippen LogP contribution in [0.4, 0.5) is 0 Å². The predicted octanol–water partition coefficient (Wildman–Crippen LogP) is 0.814. The summed E-state index contributed by atoms with van der Waals surface area (Å²) in [5.41, 5.74) is 1.19. The zero-order chi connectivity index (χ0) is 12.0. The monoisotopic (exact) mass is 232 g/mol. The average Bonchev–Trinajstić information content (AvgIpc) is 2.30. The molecule has 2 aliphatic heterocycles. The highest BCUT2D eigenvalue weighted by molar-refractivity contribution is 5.73. The molecule has 4 nitrogen and oxygen atoms in total. The van der Waals surface area contributed by atoms with Crippen molar-refractivity contribution in [2.75, 3.05) is 13.1 Å². The molecular weight excluding hydrogens is 216 g/mol. The van der Waals surface area contributed by atoms with Gasteiger partial charge in [-0.2, -0.15) is 0 Å². The van der Waals surface area contributed by atoms with Gasteiger partial charge in [-0.1, -0.05) is 6.07 Å². The molecule has 0 N–H and O–H groups in total. The third kappa shape index (κ3) is 1.68. The van der Waals surface area contributed by atoms with Crippen molar-refractivity contribution in [3.05, 3.63) is 34.2 Å². The Labute approximate surface area is 99.9 Å². The van der Waals surface area contributed by atoms with Crippen LogP contribution in [0.3, 0.4) is 0 Å². The van der Waals surface area contributed by atoms with E-state index >= 15 is 0 Å². The van der Waals surface area contributed by atoms with Gasteiger partial charge in [0, 0.05) is 44.2 Å². The summed E-state index contributed by atoms with van der Waals surface area (Å²) in [4.78, 5) is 25.2. The quantitative estimate of drug-likeness (QED) is 0.664. The Balaban J connectivity index is 2.01. The maximum Gasteiger partial charge on any atom is 0.250 e.